The predicted molar refractivity (Wildman–Crippen MR) is 51.5 cm³/mol. The maximum atomic E-state index is 10.8. The van der Waals surface area contributed by atoms with E-state index in [1.165, 1.54) is 0 Å². The van der Waals surface area contributed by atoms with Gasteiger partial charge in [-0.15, -0.1) is 0 Å². The minimum absolute atomic E-state index is 0.187. The largest absolute Gasteiger partial charge is 0.392 e. The fourth-order valence-electron chi connectivity index (χ4n) is 1.70. The maximum absolute atomic E-state index is 10.8. The minimum Gasteiger partial charge on any atom is -0.392 e. The molecule has 76 valence electrons. The quantitative estimate of drug-likeness (QED) is 0.654. The van der Waals surface area contributed by atoms with Crippen molar-refractivity contribution in [3.8, 4) is 0 Å². The van der Waals surface area contributed by atoms with Crippen LogP contribution < -0.4 is 0 Å². The van der Waals surface area contributed by atoms with E-state index in [9.17, 15) is 9.90 Å². The van der Waals surface area contributed by atoms with Crippen LogP contribution in [0.1, 0.15) is 26.7 Å². The van der Waals surface area contributed by atoms with E-state index < -0.39 is 0 Å². The summed E-state index contributed by atoms with van der Waals surface area (Å²) < 4.78 is 0. The fraction of sp³-hybridized carbons (Fsp3) is 0.900. The first-order valence-electron chi connectivity index (χ1n) is 4.96. The van der Waals surface area contributed by atoms with Crippen LogP contribution in [0.3, 0.4) is 0 Å². The summed E-state index contributed by atoms with van der Waals surface area (Å²) in [7, 11) is 0. The molecule has 0 spiro atoms. The molecule has 0 aromatic heterocycles. The standard InChI is InChI=1S/C10H19NO2/c1-3-10(2,8-12)7-11-5-4-9(13)6-11/h8-9,13H,3-7H2,1-2H3. The number of carbonyl (C=O) groups is 1. The van der Waals surface area contributed by atoms with Crippen LogP contribution in [0.5, 0.6) is 0 Å². The summed E-state index contributed by atoms with van der Waals surface area (Å²) in [5.41, 5.74) is -0.232. The second-order valence-electron chi connectivity index (χ2n) is 4.30. The van der Waals surface area contributed by atoms with E-state index in [1.807, 2.05) is 13.8 Å². The van der Waals surface area contributed by atoms with Crippen molar-refractivity contribution in [1.82, 2.24) is 4.90 Å². The van der Waals surface area contributed by atoms with Gasteiger partial charge < -0.3 is 9.90 Å². The van der Waals surface area contributed by atoms with Crippen LogP contribution in [0.4, 0.5) is 0 Å². The smallest absolute Gasteiger partial charge is 0.127 e. The van der Waals surface area contributed by atoms with Gasteiger partial charge in [-0.2, -0.15) is 0 Å². The maximum Gasteiger partial charge on any atom is 0.127 e. The van der Waals surface area contributed by atoms with Crippen LogP contribution >= 0.6 is 0 Å². The molecule has 1 aliphatic rings. The molecule has 1 heterocycles. The second kappa shape index (κ2) is 4.20. The Morgan fingerprint density at radius 1 is 1.69 bits per heavy atom. The first kappa shape index (κ1) is 10.7. The van der Waals surface area contributed by atoms with Gasteiger partial charge in [0.25, 0.3) is 0 Å². The lowest BCUT2D eigenvalue weighted by Gasteiger charge is -2.27. The first-order chi connectivity index (χ1) is 6.09. The molecule has 1 N–H and O–H groups in total. The molecule has 13 heavy (non-hydrogen) atoms. The summed E-state index contributed by atoms with van der Waals surface area (Å²) in [6.07, 6.45) is 2.56. The van der Waals surface area contributed by atoms with Crippen molar-refractivity contribution >= 4 is 6.29 Å². The highest BCUT2D eigenvalue weighted by atomic mass is 16.3. The van der Waals surface area contributed by atoms with Crippen LogP contribution in [0.2, 0.25) is 0 Å². The Hall–Kier alpha value is -0.410. The van der Waals surface area contributed by atoms with Crippen molar-refractivity contribution in [1.29, 1.82) is 0 Å². The summed E-state index contributed by atoms with van der Waals surface area (Å²) in [6, 6.07) is 0. The van der Waals surface area contributed by atoms with Crippen molar-refractivity contribution in [2.75, 3.05) is 19.6 Å². The lowest BCUT2D eigenvalue weighted by Crippen LogP contribution is -2.35. The molecule has 0 radical (unpaired) electrons. The van der Waals surface area contributed by atoms with E-state index >= 15 is 0 Å². The van der Waals surface area contributed by atoms with Crippen molar-refractivity contribution in [2.24, 2.45) is 5.41 Å². The number of nitrogens with zero attached hydrogens (tertiary/aromatic N) is 1. The van der Waals surface area contributed by atoms with E-state index in [-0.39, 0.29) is 11.5 Å². The number of β-amino-alcohol motifs (C(OH)–C–C–N with tert-alkyl or cyclic N) is 1. The van der Waals surface area contributed by atoms with Crippen LogP contribution in [-0.4, -0.2) is 42.0 Å². The van der Waals surface area contributed by atoms with Crippen LogP contribution in [-0.2, 0) is 4.79 Å². The highest BCUT2D eigenvalue weighted by molar-refractivity contribution is 5.58. The Morgan fingerprint density at radius 3 is 2.77 bits per heavy atom. The summed E-state index contributed by atoms with van der Waals surface area (Å²) in [5.74, 6) is 0. The van der Waals surface area contributed by atoms with Gasteiger partial charge in [-0.3, -0.25) is 4.90 Å². The number of hydrogen-bond donors (Lipinski definition) is 1. The van der Waals surface area contributed by atoms with Crippen LogP contribution in [0.25, 0.3) is 0 Å². The molecule has 3 heteroatoms. The van der Waals surface area contributed by atoms with E-state index in [0.29, 0.717) is 0 Å². The van der Waals surface area contributed by atoms with Crippen molar-refractivity contribution in [2.45, 2.75) is 32.8 Å². The molecule has 1 rings (SSSR count). The van der Waals surface area contributed by atoms with Crippen molar-refractivity contribution in [3.63, 3.8) is 0 Å². The Balaban J connectivity index is 2.43. The van der Waals surface area contributed by atoms with Gasteiger partial charge in [-0.25, -0.2) is 0 Å². The third-order valence-corrected chi connectivity index (χ3v) is 2.92. The molecule has 0 aromatic rings. The van der Waals surface area contributed by atoms with Crippen molar-refractivity contribution < 1.29 is 9.90 Å². The molecule has 0 amide bonds. The van der Waals surface area contributed by atoms with Crippen molar-refractivity contribution in [3.05, 3.63) is 0 Å². The topological polar surface area (TPSA) is 40.5 Å². The molecular weight excluding hydrogens is 166 g/mol. The molecule has 0 aliphatic carbocycles. The third-order valence-electron chi connectivity index (χ3n) is 2.92. The highest BCUT2D eigenvalue weighted by Crippen LogP contribution is 2.22. The fourth-order valence-corrected chi connectivity index (χ4v) is 1.70. The second-order valence-corrected chi connectivity index (χ2v) is 4.30. The minimum atomic E-state index is -0.232. The summed E-state index contributed by atoms with van der Waals surface area (Å²) in [6.45, 7) is 6.43. The molecule has 1 saturated heterocycles. The Kier molecular flexibility index (Phi) is 3.45. The molecular formula is C10H19NO2. The number of carbonyl (C=O) groups excluding carboxylic acids is 1. The van der Waals surface area contributed by atoms with Gasteiger partial charge in [0.2, 0.25) is 0 Å². The Morgan fingerprint density at radius 2 is 2.38 bits per heavy atom. The van der Waals surface area contributed by atoms with E-state index in [2.05, 4.69) is 4.90 Å². The zero-order chi connectivity index (χ0) is 9.90. The third kappa shape index (κ3) is 2.78. The number of aldehydes is 1. The average molecular weight is 185 g/mol. The number of aliphatic hydroxyl groups excluding tert-OH is 1. The SMILES string of the molecule is CCC(C)(C=O)CN1CCC(O)C1. The molecule has 0 saturated carbocycles. The van der Waals surface area contributed by atoms with Gasteiger partial charge in [0.1, 0.15) is 6.29 Å². The first-order valence-corrected chi connectivity index (χ1v) is 4.96. The zero-order valence-electron chi connectivity index (χ0n) is 8.49. The van der Waals surface area contributed by atoms with E-state index in [4.69, 9.17) is 0 Å². The van der Waals surface area contributed by atoms with Gasteiger partial charge in [0.05, 0.1) is 6.10 Å². The molecule has 3 nitrogen and oxygen atoms in total. The molecule has 0 aromatic carbocycles. The molecule has 1 aliphatic heterocycles. The number of likely N-dealkylation sites (tertiary alicyclic amines) is 1. The van der Waals surface area contributed by atoms with E-state index in [1.54, 1.807) is 0 Å². The van der Waals surface area contributed by atoms with Crippen LogP contribution in [0.15, 0.2) is 0 Å². The Labute approximate surface area is 79.7 Å². The summed E-state index contributed by atoms with van der Waals surface area (Å²) in [5, 5.41) is 9.31. The highest BCUT2D eigenvalue weighted by Gasteiger charge is 2.28. The number of aliphatic hydroxyl groups is 1. The summed E-state index contributed by atoms with van der Waals surface area (Å²) in [4.78, 5) is 13.0. The van der Waals surface area contributed by atoms with E-state index in [0.717, 1.165) is 38.8 Å². The Bertz CT molecular complexity index is 184. The summed E-state index contributed by atoms with van der Waals surface area (Å²) >= 11 is 0. The van der Waals surface area contributed by atoms with Gasteiger partial charge in [-0.1, -0.05) is 13.8 Å². The van der Waals surface area contributed by atoms with Gasteiger partial charge in [0, 0.05) is 25.0 Å². The molecule has 0 bridgehead atoms. The lowest BCUT2D eigenvalue weighted by atomic mass is 9.89. The lowest BCUT2D eigenvalue weighted by molar-refractivity contribution is -0.116. The number of rotatable bonds is 4. The van der Waals surface area contributed by atoms with Gasteiger partial charge >= 0.3 is 0 Å². The predicted octanol–water partition coefficient (Wildman–Crippen LogP) is 0.668. The normalized spacial score (nSPS) is 28.7. The molecule has 1 fully saturated rings. The molecule has 2 atom stereocenters. The van der Waals surface area contributed by atoms with Gasteiger partial charge in [-0.05, 0) is 12.8 Å². The average Bonchev–Trinajstić information content (AvgIpc) is 2.51. The van der Waals surface area contributed by atoms with Gasteiger partial charge in [0.15, 0.2) is 0 Å². The van der Waals surface area contributed by atoms with Crippen LogP contribution in [0, 0.1) is 5.41 Å². The molecule has 2 unspecified atom stereocenters. The number of hydrogen-bond acceptors (Lipinski definition) is 3. The monoisotopic (exact) mass is 185 g/mol. The zero-order valence-corrected chi connectivity index (χ0v) is 8.49.